The lowest BCUT2D eigenvalue weighted by Crippen LogP contribution is -2.29. The fourth-order valence-electron chi connectivity index (χ4n) is 3.60. The average molecular weight is 382 g/mol. The number of amides is 1. The van der Waals surface area contributed by atoms with Crippen LogP contribution < -0.4 is 0 Å². The zero-order valence-electron chi connectivity index (χ0n) is 15.3. The summed E-state index contributed by atoms with van der Waals surface area (Å²) in [6.45, 7) is 2.48. The van der Waals surface area contributed by atoms with Gasteiger partial charge in [-0.3, -0.25) is 4.79 Å². The number of thiophene rings is 1. The van der Waals surface area contributed by atoms with E-state index >= 15 is 0 Å². The van der Waals surface area contributed by atoms with Gasteiger partial charge in [-0.05, 0) is 36.3 Å². The molecule has 2 aliphatic rings. The van der Waals surface area contributed by atoms with Gasteiger partial charge in [0.1, 0.15) is 0 Å². The van der Waals surface area contributed by atoms with Crippen molar-refractivity contribution in [2.24, 2.45) is 11.0 Å². The third-order valence-electron chi connectivity index (χ3n) is 5.15. The Morgan fingerprint density at radius 3 is 2.89 bits per heavy atom. The Morgan fingerprint density at radius 2 is 2.07 bits per heavy atom. The molecule has 5 nitrogen and oxygen atoms in total. The van der Waals surface area contributed by atoms with Gasteiger partial charge in [0, 0.05) is 16.7 Å². The standard InChI is InChI=1S/C21H22N2O3S/c1-14-7-8-16-17(13-27-19(16)11-14)21(25)26-12-20(24)23-10-9-18(22-23)15-5-3-2-4-6-15/h2-6,13-14H,7-12H2,1H3. The highest BCUT2D eigenvalue weighted by Crippen LogP contribution is 2.33. The molecule has 2 heterocycles. The maximum absolute atomic E-state index is 12.4. The lowest BCUT2D eigenvalue weighted by atomic mass is 9.88. The van der Waals surface area contributed by atoms with E-state index in [1.54, 1.807) is 11.3 Å². The van der Waals surface area contributed by atoms with E-state index < -0.39 is 5.97 Å². The highest BCUT2D eigenvalue weighted by Gasteiger charge is 2.26. The van der Waals surface area contributed by atoms with Crippen LogP contribution in [0, 0.1) is 5.92 Å². The molecule has 0 fully saturated rings. The van der Waals surface area contributed by atoms with Gasteiger partial charge in [-0.25, -0.2) is 9.80 Å². The Labute approximate surface area is 162 Å². The van der Waals surface area contributed by atoms with Crippen molar-refractivity contribution in [3.8, 4) is 0 Å². The van der Waals surface area contributed by atoms with Crippen molar-refractivity contribution in [2.45, 2.75) is 32.6 Å². The molecule has 1 aliphatic carbocycles. The molecule has 0 radical (unpaired) electrons. The molecule has 4 rings (SSSR count). The Kier molecular flexibility index (Phi) is 5.07. The van der Waals surface area contributed by atoms with Crippen LogP contribution in [0.4, 0.5) is 0 Å². The van der Waals surface area contributed by atoms with Crippen LogP contribution in [0.25, 0.3) is 0 Å². The molecule has 6 heteroatoms. The molecular weight excluding hydrogens is 360 g/mol. The number of nitrogens with zero attached hydrogens (tertiary/aromatic N) is 2. The number of ether oxygens (including phenoxy) is 1. The Bertz CT molecular complexity index is 888. The number of hydrogen-bond acceptors (Lipinski definition) is 5. The molecule has 1 aromatic carbocycles. The van der Waals surface area contributed by atoms with E-state index in [1.165, 1.54) is 9.89 Å². The zero-order valence-corrected chi connectivity index (χ0v) is 16.1. The molecule has 1 unspecified atom stereocenters. The summed E-state index contributed by atoms with van der Waals surface area (Å²) in [6, 6.07) is 9.81. The lowest BCUT2D eigenvalue weighted by Gasteiger charge is -2.18. The maximum Gasteiger partial charge on any atom is 0.339 e. The van der Waals surface area contributed by atoms with Gasteiger partial charge in [-0.1, -0.05) is 37.3 Å². The van der Waals surface area contributed by atoms with Crippen LogP contribution in [-0.2, 0) is 22.4 Å². The summed E-state index contributed by atoms with van der Waals surface area (Å²) in [7, 11) is 0. The molecule has 1 aliphatic heterocycles. The van der Waals surface area contributed by atoms with Crippen LogP contribution >= 0.6 is 11.3 Å². The normalized spacial score (nSPS) is 18.8. The van der Waals surface area contributed by atoms with Crippen LogP contribution in [0.1, 0.15) is 46.1 Å². The van der Waals surface area contributed by atoms with Gasteiger partial charge < -0.3 is 4.74 Å². The van der Waals surface area contributed by atoms with E-state index in [0.29, 0.717) is 24.4 Å². The number of carbonyl (C=O) groups excluding carboxylic acids is 2. The first kappa shape index (κ1) is 17.9. The SMILES string of the molecule is CC1CCc2c(C(=O)OCC(=O)N3CCC(c4ccccc4)=N3)csc2C1. The van der Waals surface area contributed by atoms with Crippen molar-refractivity contribution in [3.05, 3.63) is 57.3 Å². The van der Waals surface area contributed by atoms with Crippen molar-refractivity contribution >= 4 is 28.9 Å². The minimum absolute atomic E-state index is 0.272. The summed E-state index contributed by atoms with van der Waals surface area (Å²) in [5.41, 5.74) is 3.64. The predicted molar refractivity (Wildman–Crippen MR) is 105 cm³/mol. The first-order valence-electron chi connectivity index (χ1n) is 9.31. The molecule has 0 bridgehead atoms. The summed E-state index contributed by atoms with van der Waals surface area (Å²) < 4.78 is 5.30. The van der Waals surface area contributed by atoms with Gasteiger partial charge in [0.05, 0.1) is 17.8 Å². The number of hydrazone groups is 1. The second-order valence-electron chi connectivity index (χ2n) is 7.15. The van der Waals surface area contributed by atoms with Gasteiger partial charge in [0.25, 0.3) is 5.91 Å². The highest BCUT2D eigenvalue weighted by molar-refractivity contribution is 7.10. The Hall–Kier alpha value is -2.47. The topological polar surface area (TPSA) is 59.0 Å². The molecule has 0 saturated heterocycles. The van der Waals surface area contributed by atoms with Crippen molar-refractivity contribution in [3.63, 3.8) is 0 Å². The molecule has 1 aromatic heterocycles. The lowest BCUT2D eigenvalue weighted by molar-refractivity contribution is -0.134. The third-order valence-corrected chi connectivity index (χ3v) is 6.20. The van der Waals surface area contributed by atoms with Crippen LogP contribution in [-0.4, -0.2) is 35.7 Å². The van der Waals surface area contributed by atoms with E-state index in [4.69, 9.17) is 4.74 Å². The first-order chi connectivity index (χ1) is 13.1. The number of fused-ring (bicyclic) bond motifs is 1. The quantitative estimate of drug-likeness (QED) is 0.758. The molecule has 0 spiro atoms. The van der Waals surface area contributed by atoms with Crippen molar-refractivity contribution < 1.29 is 14.3 Å². The van der Waals surface area contributed by atoms with Crippen LogP contribution in [0.2, 0.25) is 0 Å². The molecule has 1 atom stereocenters. The fraction of sp³-hybridized carbons (Fsp3) is 0.381. The molecule has 0 N–H and O–H groups in total. The monoisotopic (exact) mass is 382 g/mol. The van der Waals surface area contributed by atoms with Gasteiger partial charge in [0.15, 0.2) is 6.61 Å². The highest BCUT2D eigenvalue weighted by atomic mass is 32.1. The van der Waals surface area contributed by atoms with E-state index in [2.05, 4.69) is 12.0 Å². The Balaban J connectivity index is 1.36. The second-order valence-corrected chi connectivity index (χ2v) is 8.12. The summed E-state index contributed by atoms with van der Waals surface area (Å²) >= 11 is 1.62. The number of hydrogen-bond donors (Lipinski definition) is 0. The molecule has 0 saturated carbocycles. The zero-order chi connectivity index (χ0) is 18.8. The van der Waals surface area contributed by atoms with Gasteiger partial charge >= 0.3 is 5.97 Å². The largest absolute Gasteiger partial charge is 0.452 e. The predicted octanol–water partition coefficient (Wildman–Crippen LogP) is 3.67. The fourth-order valence-corrected chi connectivity index (χ4v) is 4.83. The number of benzene rings is 1. The third kappa shape index (κ3) is 3.81. The molecular formula is C21H22N2O3S. The maximum atomic E-state index is 12.4. The van der Waals surface area contributed by atoms with Gasteiger partial charge in [0.2, 0.25) is 0 Å². The van der Waals surface area contributed by atoms with Gasteiger partial charge in [-0.2, -0.15) is 5.10 Å². The molecule has 1 amide bonds. The van der Waals surface area contributed by atoms with Crippen molar-refractivity contribution in [1.82, 2.24) is 5.01 Å². The van der Waals surface area contributed by atoms with Crippen LogP contribution in [0.3, 0.4) is 0 Å². The minimum atomic E-state index is -0.401. The van der Waals surface area contributed by atoms with Crippen LogP contribution in [0.5, 0.6) is 0 Å². The average Bonchev–Trinajstić information content (AvgIpc) is 3.33. The van der Waals surface area contributed by atoms with Crippen molar-refractivity contribution in [1.29, 1.82) is 0 Å². The van der Waals surface area contributed by atoms with Gasteiger partial charge in [-0.15, -0.1) is 11.3 Å². The molecule has 2 aromatic rings. The Morgan fingerprint density at radius 1 is 1.26 bits per heavy atom. The van der Waals surface area contributed by atoms with Crippen LogP contribution in [0.15, 0.2) is 40.8 Å². The number of rotatable bonds is 4. The summed E-state index contributed by atoms with van der Waals surface area (Å²) in [4.78, 5) is 26.1. The molecule has 140 valence electrons. The summed E-state index contributed by atoms with van der Waals surface area (Å²) in [5, 5.41) is 7.66. The number of esters is 1. The smallest absolute Gasteiger partial charge is 0.339 e. The number of carbonyl (C=O) groups is 2. The van der Waals surface area contributed by atoms with Crippen molar-refractivity contribution in [2.75, 3.05) is 13.2 Å². The summed E-state index contributed by atoms with van der Waals surface area (Å²) in [5.74, 6) is -0.0256. The summed E-state index contributed by atoms with van der Waals surface area (Å²) in [6.07, 6.45) is 3.74. The van der Waals surface area contributed by atoms with E-state index in [-0.39, 0.29) is 12.5 Å². The minimum Gasteiger partial charge on any atom is -0.452 e. The molecule has 27 heavy (non-hydrogen) atoms. The van der Waals surface area contributed by atoms with E-state index in [0.717, 1.165) is 36.1 Å². The van der Waals surface area contributed by atoms with E-state index in [9.17, 15) is 9.59 Å². The second kappa shape index (κ2) is 7.64. The van der Waals surface area contributed by atoms with E-state index in [1.807, 2.05) is 35.7 Å². The first-order valence-corrected chi connectivity index (χ1v) is 10.2.